The molecule has 1 amide bonds. The Kier molecular flexibility index (Phi) is 6.70. The van der Waals surface area contributed by atoms with Crippen LogP contribution in [0.4, 0.5) is 4.39 Å². The first-order valence-corrected chi connectivity index (χ1v) is 8.66. The first-order chi connectivity index (χ1) is 11.9. The molecule has 2 rings (SSSR count). The van der Waals surface area contributed by atoms with Crippen LogP contribution in [0.3, 0.4) is 0 Å². The molecular formula is C19H19BrFNO3. The molecule has 132 valence electrons. The van der Waals surface area contributed by atoms with E-state index in [4.69, 9.17) is 4.74 Å². The number of hydrogen-bond donors (Lipinski definition) is 1. The van der Waals surface area contributed by atoms with Crippen molar-refractivity contribution in [3.63, 3.8) is 0 Å². The van der Waals surface area contributed by atoms with E-state index >= 15 is 0 Å². The number of amides is 1. The molecule has 0 spiro atoms. The molecule has 0 heterocycles. The minimum Gasteiger partial charge on any atom is -0.449 e. The van der Waals surface area contributed by atoms with Crippen LogP contribution in [0.2, 0.25) is 0 Å². The van der Waals surface area contributed by atoms with Gasteiger partial charge in [0.15, 0.2) is 6.10 Å². The molecule has 4 nitrogen and oxygen atoms in total. The summed E-state index contributed by atoms with van der Waals surface area (Å²) < 4.78 is 18.8. The molecule has 0 saturated heterocycles. The van der Waals surface area contributed by atoms with Gasteiger partial charge in [-0.25, -0.2) is 9.18 Å². The van der Waals surface area contributed by atoms with Crippen LogP contribution < -0.4 is 5.32 Å². The van der Waals surface area contributed by atoms with Gasteiger partial charge in [-0.05, 0) is 52.5 Å². The van der Waals surface area contributed by atoms with Gasteiger partial charge in [-0.15, -0.1) is 0 Å². The van der Waals surface area contributed by atoms with Crippen molar-refractivity contribution in [3.8, 4) is 0 Å². The van der Waals surface area contributed by atoms with Gasteiger partial charge in [0.05, 0.1) is 5.56 Å². The van der Waals surface area contributed by atoms with Crippen molar-refractivity contribution in [2.45, 2.75) is 25.9 Å². The summed E-state index contributed by atoms with van der Waals surface area (Å²) in [5.74, 6) is -1.58. The van der Waals surface area contributed by atoms with Crippen LogP contribution in [0, 0.1) is 5.82 Å². The average molecular weight is 408 g/mol. The van der Waals surface area contributed by atoms with E-state index in [0.29, 0.717) is 11.0 Å². The maximum Gasteiger partial charge on any atom is 0.340 e. The number of halogens is 2. The second-order valence-electron chi connectivity index (χ2n) is 5.73. The summed E-state index contributed by atoms with van der Waals surface area (Å²) in [5, 5.41) is 2.76. The lowest BCUT2D eigenvalue weighted by atomic mass is 10.0. The predicted octanol–water partition coefficient (Wildman–Crippen LogP) is 4.05. The van der Waals surface area contributed by atoms with Gasteiger partial charge in [0.25, 0.3) is 5.91 Å². The van der Waals surface area contributed by atoms with E-state index in [1.807, 2.05) is 37.3 Å². The van der Waals surface area contributed by atoms with Crippen LogP contribution in [-0.4, -0.2) is 24.5 Å². The fourth-order valence-corrected chi connectivity index (χ4v) is 2.64. The summed E-state index contributed by atoms with van der Waals surface area (Å²) in [6, 6.07) is 13.5. The molecule has 2 aromatic rings. The number of rotatable bonds is 6. The van der Waals surface area contributed by atoms with Gasteiger partial charge in [-0.3, -0.25) is 4.79 Å². The lowest BCUT2D eigenvalue weighted by Gasteiger charge is -2.17. The molecule has 0 unspecified atom stereocenters. The summed E-state index contributed by atoms with van der Waals surface area (Å²) in [5.41, 5.74) is 1.15. The third-order valence-corrected chi connectivity index (χ3v) is 4.44. The van der Waals surface area contributed by atoms with Gasteiger partial charge >= 0.3 is 5.97 Å². The first-order valence-electron chi connectivity index (χ1n) is 7.87. The van der Waals surface area contributed by atoms with Gasteiger partial charge < -0.3 is 10.1 Å². The maximum absolute atomic E-state index is 13.3. The Morgan fingerprint density at radius 1 is 1.16 bits per heavy atom. The Morgan fingerprint density at radius 2 is 1.84 bits per heavy atom. The number of carbonyl (C=O) groups excluding carboxylic acids is 2. The predicted molar refractivity (Wildman–Crippen MR) is 96.8 cm³/mol. The molecule has 0 aromatic heterocycles. The molecule has 2 aromatic carbocycles. The van der Waals surface area contributed by atoms with Crippen LogP contribution >= 0.6 is 15.9 Å². The number of hydrogen-bond acceptors (Lipinski definition) is 3. The van der Waals surface area contributed by atoms with Gasteiger partial charge in [0.2, 0.25) is 0 Å². The molecule has 0 saturated carbocycles. The van der Waals surface area contributed by atoms with E-state index in [9.17, 15) is 14.0 Å². The second-order valence-corrected chi connectivity index (χ2v) is 6.58. The number of carbonyl (C=O) groups is 2. The lowest BCUT2D eigenvalue weighted by molar-refractivity contribution is -0.129. The zero-order chi connectivity index (χ0) is 18.4. The van der Waals surface area contributed by atoms with E-state index in [1.54, 1.807) is 0 Å². The zero-order valence-corrected chi connectivity index (χ0v) is 15.5. The highest BCUT2D eigenvalue weighted by molar-refractivity contribution is 9.10. The van der Waals surface area contributed by atoms with Crippen molar-refractivity contribution >= 4 is 27.8 Å². The first kappa shape index (κ1) is 19.1. The van der Waals surface area contributed by atoms with Crippen LogP contribution in [0.15, 0.2) is 53.0 Å². The fourth-order valence-electron chi connectivity index (χ4n) is 2.23. The highest BCUT2D eigenvalue weighted by Crippen LogP contribution is 2.19. The largest absolute Gasteiger partial charge is 0.449 e. The smallest absolute Gasteiger partial charge is 0.340 e. The molecular weight excluding hydrogens is 389 g/mol. The molecule has 2 atom stereocenters. The van der Waals surface area contributed by atoms with E-state index in [0.717, 1.165) is 11.6 Å². The second kappa shape index (κ2) is 8.76. The fraction of sp³-hybridized carbons (Fsp3) is 0.263. The van der Waals surface area contributed by atoms with Gasteiger partial charge in [-0.2, -0.15) is 0 Å². The van der Waals surface area contributed by atoms with Crippen LogP contribution in [0.5, 0.6) is 0 Å². The Hall–Kier alpha value is -2.21. The number of esters is 1. The Labute approximate surface area is 154 Å². The number of benzene rings is 2. The van der Waals surface area contributed by atoms with Gasteiger partial charge in [0.1, 0.15) is 5.82 Å². The van der Waals surface area contributed by atoms with Crippen molar-refractivity contribution in [1.82, 2.24) is 5.32 Å². The van der Waals surface area contributed by atoms with Gasteiger partial charge in [-0.1, -0.05) is 37.3 Å². The molecule has 0 aliphatic rings. The highest BCUT2D eigenvalue weighted by atomic mass is 79.9. The van der Waals surface area contributed by atoms with Gasteiger partial charge in [0, 0.05) is 11.0 Å². The summed E-state index contributed by atoms with van der Waals surface area (Å²) in [6.07, 6.45) is -0.981. The summed E-state index contributed by atoms with van der Waals surface area (Å²) in [6.45, 7) is 3.90. The van der Waals surface area contributed by atoms with Crippen LogP contribution in [-0.2, 0) is 9.53 Å². The van der Waals surface area contributed by atoms with E-state index in [1.165, 1.54) is 19.1 Å². The van der Waals surface area contributed by atoms with Crippen molar-refractivity contribution in [2.75, 3.05) is 6.54 Å². The molecule has 0 aliphatic carbocycles. The maximum atomic E-state index is 13.3. The SMILES string of the molecule is C[C@H](OC(=O)c1cc(F)ccc1Br)C(=O)NC[C@@H](C)c1ccccc1. The summed E-state index contributed by atoms with van der Waals surface area (Å²) in [7, 11) is 0. The molecule has 0 fully saturated rings. The quantitative estimate of drug-likeness (QED) is 0.734. The minimum absolute atomic E-state index is 0.0392. The topological polar surface area (TPSA) is 55.4 Å². The Bertz CT molecular complexity index is 752. The third-order valence-electron chi connectivity index (χ3n) is 3.75. The summed E-state index contributed by atoms with van der Waals surface area (Å²) >= 11 is 3.17. The highest BCUT2D eigenvalue weighted by Gasteiger charge is 2.21. The van der Waals surface area contributed by atoms with Crippen molar-refractivity contribution in [1.29, 1.82) is 0 Å². The standard InChI is InChI=1S/C19H19BrFNO3/c1-12(14-6-4-3-5-7-14)11-22-18(23)13(2)25-19(24)16-10-15(21)8-9-17(16)20/h3-10,12-13H,11H2,1-2H3,(H,22,23)/t12-,13+/m1/s1. The summed E-state index contributed by atoms with van der Waals surface area (Å²) in [4.78, 5) is 24.2. The molecule has 6 heteroatoms. The monoisotopic (exact) mass is 407 g/mol. The Morgan fingerprint density at radius 3 is 2.52 bits per heavy atom. The number of ether oxygens (including phenoxy) is 1. The van der Waals surface area contributed by atoms with Crippen molar-refractivity contribution < 1.29 is 18.7 Å². The van der Waals surface area contributed by atoms with Crippen molar-refractivity contribution in [2.24, 2.45) is 0 Å². The van der Waals surface area contributed by atoms with Crippen LogP contribution in [0.25, 0.3) is 0 Å². The van der Waals surface area contributed by atoms with E-state index in [2.05, 4.69) is 21.2 Å². The molecule has 1 N–H and O–H groups in total. The molecule has 25 heavy (non-hydrogen) atoms. The van der Waals surface area contributed by atoms with Crippen molar-refractivity contribution in [3.05, 3.63) is 69.9 Å². The number of nitrogens with one attached hydrogen (secondary N) is 1. The lowest BCUT2D eigenvalue weighted by Crippen LogP contribution is -2.37. The van der Waals surface area contributed by atoms with E-state index in [-0.39, 0.29) is 11.5 Å². The molecule has 0 radical (unpaired) electrons. The third kappa shape index (κ3) is 5.39. The molecule has 0 bridgehead atoms. The molecule has 0 aliphatic heterocycles. The normalized spacial score (nSPS) is 13.0. The van der Waals surface area contributed by atoms with E-state index < -0.39 is 23.8 Å². The van der Waals surface area contributed by atoms with Crippen LogP contribution in [0.1, 0.15) is 35.7 Å². The zero-order valence-electron chi connectivity index (χ0n) is 14.0. The average Bonchev–Trinajstić information content (AvgIpc) is 2.61. The Balaban J connectivity index is 1.89. The minimum atomic E-state index is -0.981.